The Bertz CT molecular complexity index is 845. The van der Waals surface area contributed by atoms with E-state index >= 15 is 0 Å². The largest absolute Gasteiger partial charge is 0.467 e. The van der Waals surface area contributed by atoms with Gasteiger partial charge in [0, 0.05) is 24.1 Å². The second-order valence-corrected chi connectivity index (χ2v) is 7.35. The van der Waals surface area contributed by atoms with Crippen LogP contribution in [0, 0.1) is 12.7 Å². The van der Waals surface area contributed by atoms with Crippen LogP contribution < -0.4 is 15.3 Å². The van der Waals surface area contributed by atoms with Crippen molar-refractivity contribution in [3.05, 3.63) is 89.2 Å². The van der Waals surface area contributed by atoms with E-state index in [-0.39, 0.29) is 21.2 Å². The fourth-order valence-corrected chi connectivity index (χ4v) is 4.13. The number of rotatable bonds is 7. The van der Waals surface area contributed by atoms with Crippen molar-refractivity contribution in [2.24, 2.45) is 0 Å². The van der Waals surface area contributed by atoms with Crippen LogP contribution in [-0.4, -0.2) is 13.9 Å². The van der Waals surface area contributed by atoms with Gasteiger partial charge in [-0.15, -0.1) is 0 Å². The van der Waals surface area contributed by atoms with Gasteiger partial charge in [-0.05, 0) is 29.7 Å². The maximum atomic E-state index is 14.3. The third-order valence-electron chi connectivity index (χ3n) is 4.14. The van der Waals surface area contributed by atoms with Gasteiger partial charge >= 0.3 is 0 Å². The van der Waals surface area contributed by atoms with Gasteiger partial charge in [-0.3, -0.25) is 0 Å². The molecule has 0 fully saturated rings. The molecule has 0 aromatic heterocycles. The van der Waals surface area contributed by atoms with E-state index in [0.717, 1.165) is 33.9 Å². The minimum atomic E-state index is -0.172. The average molecular weight is 368 g/mol. The van der Waals surface area contributed by atoms with Gasteiger partial charge in [-0.2, -0.15) is 0 Å². The highest BCUT2D eigenvalue weighted by molar-refractivity contribution is 7.55. The van der Waals surface area contributed by atoms with Crippen LogP contribution in [0.2, 0.25) is 0 Å². The predicted octanol–water partition coefficient (Wildman–Crippen LogP) is 4.34. The Kier molecular flexibility index (Phi) is 6.38. The van der Waals surface area contributed by atoms with Crippen molar-refractivity contribution in [1.82, 2.24) is 0 Å². The van der Waals surface area contributed by atoms with Crippen molar-refractivity contribution < 1.29 is 13.9 Å². The lowest BCUT2D eigenvalue weighted by Crippen LogP contribution is -2.15. The second-order valence-electron chi connectivity index (χ2n) is 6.06. The number of hydrogen-bond donors (Lipinski definition) is 0. The summed E-state index contributed by atoms with van der Waals surface area (Å²) in [5.74, 6) is 0.619. The molecule has 3 rings (SSSR count). The van der Waals surface area contributed by atoms with Crippen LogP contribution in [0.3, 0.4) is 0 Å². The van der Waals surface area contributed by atoms with E-state index in [1.807, 2.05) is 43.3 Å². The third kappa shape index (κ3) is 4.49. The molecule has 134 valence electrons. The maximum absolute atomic E-state index is 14.3. The van der Waals surface area contributed by atoms with E-state index in [1.54, 1.807) is 13.2 Å². The van der Waals surface area contributed by atoms with E-state index in [9.17, 15) is 4.39 Å². The number of hydrogen-bond acceptors (Lipinski definition) is 2. The number of halogens is 1. The van der Waals surface area contributed by atoms with E-state index in [0.29, 0.717) is 0 Å². The first-order valence-electron chi connectivity index (χ1n) is 8.48. The molecule has 1 unspecified atom stereocenters. The third-order valence-corrected chi connectivity index (χ3v) is 5.68. The molecule has 0 spiro atoms. The summed E-state index contributed by atoms with van der Waals surface area (Å²) in [6, 6.07) is 21.5. The van der Waals surface area contributed by atoms with Gasteiger partial charge in [0.1, 0.15) is 11.6 Å². The van der Waals surface area contributed by atoms with Crippen molar-refractivity contribution in [1.29, 1.82) is 0 Å². The second kappa shape index (κ2) is 8.93. The summed E-state index contributed by atoms with van der Waals surface area (Å²) in [4.78, 5) is 0. The average Bonchev–Trinajstić information content (AvgIpc) is 2.65. The molecule has 0 bridgehead atoms. The molecule has 0 radical (unpaired) electrons. The van der Waals surface area contributed by atoms with E-state index in [4.69, 9.17) is 9.47 Å². The zero-order valence-corrected chi connectivity index (χ0v) is 16.0. The summed E-state index contributed by atoms with van der Waals surface area (Å²) < 4.78 is 25.3. The Balaban J connectivity index is 1.97. The van der Waals surface area contributed by atoms with Crippen LogP contribution >= 0.6 is 8.58 Å². The zero-order chi connectivity index (χ0) is 18.4. The normalized spacial score (nSPS) is 11.2. The van der Waals surface area contributed by atoms with Gasteiger partial charge in [0.15, 0.2) is 6.79 Å². The smallest absolute Gasteiger partial charge is 0.188 e. The Hall–Kier alpha value is -2.22. The lowest BCUT2D eigenvalue weighted by Gasteiger charge is -2.17. The predicted molar refractivity (Wildman–Crippen MR) is 107 cm³/mol. The zero-order valence-electron chi connectivity index (χ0n) is 15.0. The first kappa shape index (κ1) is 18.6. The molecule has 0 aliphatic carbocycles. The number of benzene rings is 3. The van der Waals surface area contributed by atoms with Gasteiger partial charge in [0.2, 0.25) is 0 Å². The van der Waals surface area contributed by atoms with Crippen LogP contribution in [0.25, 0.3) is 0 Å². The van der Waals surface area contributed by atoms with Gasteiger partial charge in [-0.25, -0.2) is 4.39 Å². The van der Waals surface area contributed by atoms with Crippen LogP contribution in [0.4, 0.5) is 4.39 Å². The fourth-order valence-electron chi connectivity index (χ4n) is 2.85. The monoisotopic (exact) mass is 368 g/mol. The topological polar surface area (TPSA) is 18.5 Å². The van der Waals surface area contributed by atoms with Crippen molar-refractivity contribution in [2.75, 3.05) is 13.9 Å². The number of methoxy groups -OCH3 is 1. The molecule has 4 heteroatoms. The lowest BCUT2D eigenvalue weighted by atomic mass is 10.0. The molecule has 2 nitrogen and oxygen atoms in total. The van der Waals surface area contributed by atoms with Crippen LogP contribution in [0.15, 0.2) is 66.7 Å². The summed E-state index contributed by atoms with van der Waals surface area (Å²) >= 11 is 0. The van der Waals surface area contributed by atoms with E-state index in [1.165, 1.54) is 11.6 Å². The van der Waals surface area contributed by atoms with Gasteiger partial charge in [0.25, 0.3) is 0 Å². The first-order chi connectivity index (χ1) is 12.7. The maximum Gasteiger partial charge on any atom is 0.188 e. The molecular formula is C22H22FO2P. The van der Waals surface area contributed by atoms with E-state index < -0.39 is 0 Å². The molecule has 0 saturated carbocycles. The van der Waals surface area contributed by atoms with Crippen LogP contribution in [0.5, 0.6) is 5.75 Å². The van der Waals surface area contributed by atoms with Crippen LogP contribution in [-0.2, 0) is 11.2 Å². The number of aryl methyl sites for hydroxylation is 1. The van der Waals surface area contributed by atoms with Crippen LogP contribution in [0.1, 0.15) is 16.7 Å². The van der Waals surface area contributed by atoms with Crippen molar-refractivity contribution in [3.8, 4) is 5.75 Å². The molecule has 0 aliphatic heterocycles. The molecule has 1 atom stereocenters. The van der Waals surface area contributed by atoms with Crippen molar-refractivity contribution >= 4 is 19.2 Å². The molecular weight excluding hydrogens is 346 g/mol. The Morgan fingerprint density at radius 1 is 0.923 bits per heavy atom. The molecule has 0 saturated heterocycles. The van der Waals surface area contributed by atoms with Gasteiger partial charge in [-0.1, -0.05) is 69.2 Å². The lowest BCUT2D eigenvalue weighted by molar-refractivity contribution is 0.0513. The molecule has 26 heavy (non-hydrogen) atoms. The molecule has 0 amide bonds. The molecule has 0 N–H and O–H groups in total. The Morgan fingerprint density at radius 2 is 1.69 bits per heavy atom. The summed E-state index contributed by atoms with van der Waals surface area (Å²) in [6.07, 6.45) is 0.758. The van der Waals surface area contributed by atoms with E-state index in [2.05, 4.69) is 18.2 Å². The fraction of sp³-hybridized carbons (Fsp3) is 0.182. The number of para-hydroxylation sites is 1. The molecule has 3 aromatic rings. The SMILES string of the molecule is COCOc1c(Cc2ccccc2)cccc1Pc1c(C)cccc1F. The first-order valence-corrected chi connectivity index (χ1v) is 9.48. The Labute approximate surface area is 155 Å². The summed E-state index contributed by atoms with van der Waals surface area (Å²) in [7, 11) is 1.79. The van der Waals surface area contributed by atoms with Gasteiger partial charge in [0.05, 0.1) is 0 Å². The molecule has 0 heterocycles. The Morgan fingerprint density at radius 3 is 2.42 bits per heavy atom. The highest BCUT2D eigenvalue weighted by atomic mass is 31.1. The summed E-state index contributed by atoms with van der Waals surface area (Å²) in [5.41, 5.74) is 3.24. The minimum Gasteiger partial charge on any atom is -0.467 e. The molecule has 3 aromatic carbocycles. The summed E-state index contributed by atoms with van der Waals surface area (Å²) in [6.45, 7) is 2.11. The number of ether oxygens (including phenoxy) is 2. The van der Waals surface area contributed by atoms with Crippen molar-refractivity contribution in [2.45, 2.75) is 13.3 Å². The van der Waals surface area contributed by atoms with Gasteiger partial charge < -0.3 is 9.47 Å². The highest BCUT2D eigenvalue weighted by Gasteiger charge is 2.14. The quantitative estimate of drug-likeness (QED) is 0.456. The summed E-state index contributed by atoms with van der Waals surface area (Å²) in [5, 5.41) is 1.72. The standard InChI is InChI=1S/C22H22FO2P/c1-16-8-6-12-19(23)22(16)26-20-13-7-11-18(21(20)25-15-24-2)14-17-9-4-3-5-10-17/h3-13,26H,14-15H2,1-2H3. The molecule has 0 aliphatic rings. The minimum absolute atomic E-state index is 0.166. The van der Waals surface area contributed by atoms with Crippen molar-refractivity contribution in [3.63, 3.8) is 0 Å². The highest BCUT2D eigenvalue weighted by Crippen LogP contribution is 2.27.